The van der Waals surface area contributed by atoms with Crippen LogP contribution in [0, 0.1) is 5.41 Å². The van der Waals surface area contributed by atoms with Gasteiger partial charge in [0.05, 0.1) is 37.1 Å². The van der Waals surface area contributed by atoms with Crippen molar-refractivity contribution < 1.29 is 9.47 Å². The van der Waals surface area contributed by atoms with Gasteiger partial charge in [-0.1, -0.05) is 12.1 Å². The lowest BCUT2D eigenvalue weighted by Gasteiger charge is -2.37. The van der Waals surface area contributed by atoms with E-state index in [-0.39, 0.29) is 17.8 Å². The van der Waals surface area contributed by atoms with Crippen LogP contribution >= 0.6 is 0 Å². The molecule has 6 rings (SSSR count). The van der Waals surface area contributed by atoms with Crippen molar-refractivity contribution in [3.63, 3.8) is 0 Å². The number of pyridine rings is 1. The number of imidazole rings is 1. The molecule has 9 nitrogen and oxygen atoms in total. The molecule has 37 heavy (non-hydrogen) atoms. The van der Waals surface area contributed by atoms with E-state index in [0.29, 0.717) is 17.7 Å². The summed E-state index contributed by atoms with van der Waals surface area (Å²) in [6, 6.07) is 10.2. The van der Waals surface area contributed by atoms with Crippen molar-refractivity contribution in [2.45, 2.75) is 39.3 Å². The number of hydrogen-bond acceptors (Lipinski definition) is 7. The van der Waals surface area contributed by atoms with Crippen LogP contribution in [0.4, 0.5) is 0 Å². The summed E-state index contributed by atoms with van der Waals surface area (Å²) >= 11 is 0. The van der Waals surface area contributed by atoms with Crippen molar-refractivity contribution in [2.75, 3.05) is 39.5 Å². The molecule has 0 saturated carbocycles. The Hall–Kier alpha value is -3.14. The number of benzene rings is 1. The summed E-state index contributed by atoms with van der Waals surface area (Å²) in [6.07, 6.45) is 3.05. The molecule has 2 saturated heterocycles. The molecule has 2 aliphatic heterocycles. The van der Waals surface area contributed by atoms with Crippen molar-refractivity contribution in [3.8, 4) is 11.1 Å². The molecule has 3 aromatic heterocycles. The fourth-order valence-corrected chi connectivity index (χ4v) is 5.66. The van der Waals surface area contributed by atoms with Gasteiger partial charge in [-0.05, 0) is 57.5 Å². The second-order valence-electron chi connectivity index (χ2n) is 10.9. The minimum absolute atomic E-state index is 0.00787. The van der Waals surface area contributed by atoms with E-state index in [9.17, 15) is 4.79 Å². The molecule has 0 bridgehead atoms. The Morgan fingerprint density at radius 3 is 2.59 bits per heavy atom. The number of hydrogen-bond donors (Lipinski definition) is 0. The average Bonchev–Trinajstić information content (AvgIpc) is 3.43. The van der Waals surface area contributed by atoms with Crippen molar-refractivity contribution >= 4 is 22.1 Å². The topological polar surface area (TPSA) is 87.3 Å². The molecule has 1 aromatic carbocycles. The number of ether oxygens (including phenoxy) is 2. The first-order chi connectivity index (χ1) is 17.8. The van der Waals surface area contributed by atoms with Crippen molar-refractivity contribution in [3.05, 3.63) is 52.7 Å². The zero-order valence-corrected chi connectivity index (χ0v) is 22.0. The maximum Gasteiger partial charge on any atom is 0.330 e. The Bertz CT molecular complexity index is 1500. The van der Waals surface area contributed by atoms with Crippen LogP contribution in [0.3, 0.4) is 0 Å². The van der Waals surface area contributed by atoms with Gasteiger partial charge in [-0.2, -0.15) is 0 Å². The van der Waals surface area contributed by atoms with Gasteiger partial charge >= 0.3 is 5.69 Å². The highest BCUT2D eigenvalue weighted by Gasteiger charge is 2.44. The highest BCUT2D eigenvalue weighted by atomic mass is 16.5. The normalized spacial score (nSPS) is 18.3. The van der Waals surface area contributed by atoms with Crippen molar-refractivity contribution in [1.29, 1.82) is 0 Å². The van der Waals surface area contributed by atoms with Crippen LogP contribution in [0.15, 0.2) is 41.3 Å². The monoisotopic (exact) mass is 502 g/mol. The van der Waals surface area contributed by atoms with E-state index in [1.54, 1.807) is 16.2 Å². The molecule has 1 atom stereocenters. The molecule has 0 radical (unpaired) electrons. The van der Waals surface area contributed by atoms with Crippen LogP contribution < -0.4 is 5.69 Å². The quantitative estimate of drug-likeness (QED) is 0.381. The number of aryl methyl sites for hydroxylation is 1. The summed E-state index contributed by atoms with van der Waals surface area (Å²) in [4.78, 5) is 20.1. The molecule has 2 fully saturated rings. The number of nitrogens with zero attached hydrogens (tertiary/aromatic N) is 6. The van der Waals surface area contributed by atoms with E-state index in [2.05, 4.69) is 34.2 Å². The van der Waals surface area contributed by atoms with E-state index in [1.165, 1.54) is 6.42 Å². The molecule has 1 spiro atoms. The summed E-state index contributed by atoms with van der Waals surface area (Å²) in [5.74, 6) is 0. The highest BCUT2D eigenvalue weighted by molar-refractivity contribution is 6.02. The van der Waals surface area contributed by atoms with E-state index in [4.69, 9.17) is 14.5 Å². The first kappa shape index (κ1) is 24.2. The number of rotatable bonds is 7. The number of fused-ring (bicyclic) bond motifs is 3. The molecule has 2 aliphatic rings. The Balaban J connectivity index is 1.19. The third kappa shape index (κ3) is 4.24. The predicted molar refractivity (Wildman–Crippen MR) is 143 cm³/mol. The lowest BCUT2D eigenvalue weighted by Crippen LogP contribution is -2.44. The summed E-state index contributed by atoms with van der Waals surface area (Å²) in [7, 11) is 1.74. The van der Waals surface area contributed by atoms with Gasteiger partial charge in [0.1, 0.15) is 5.52 Å². The average molecular weight is 503 g/mol. The van der Waals surface area contributed by atoms with Crippen molar-refractivity contribution in [1.82, 2.24) is 29.2 Å². The zero-order valence-electron chi connectivity index (χ0n) is 22.0. The fraction of sp³-hybridized carbons (Fsp3) is 0.500. The van der Waals surface area contributed by atoms with E-state index < -0.39 is 0 Å². The molecular weight excluding hydrogens is 468 g/mol. The summed E-state index contributed by atoms with van der Waals surface area (Å²) in [5, 5.41) is 9.60. The Morgan fingerprint density at radius 1 is 1.11 bits per heavy atom. The Morgan fingerprint density at radius 2 is 1.92 bits per heavy atom. The Kier molecular flexibility index (Phi) is 6.09. The first-order valence-electron chi connectivity index (χ1n) is 13.1. The zero-order chi connectivity index (χ0) is 25.7. The second kappa shape index (κ2) is 9.31. The Labute approximate surface area is 216 Å². The number of likely N-dealkylation sites (tertiary alicyclic amines) is 1. The van der Waals surface area contributed by atoms with Gasteiger partial charge in [-0.3, -0.25) is 14.1 Å². The van der Waals surface area contributed by atoms with Crippen LogP contribution in [0.2, 0.25) is 0 Å². The van der Waals surface area contributed by atoms with Gasteiger partial charge in [0.25, 0.3) is 0 Å². The van der Waals surface area contributed by atoms with Crippen LogP contribution in [-0.4, -0.2) is 68.7 Å². The van der Waals surface area contributed by atoms with Crippen LogP contribution in [0.5, 0.6) is 0 Å². The SMILES string of the molecule is CC(C)n1c(=O)n(C)c2nnc3ccc(-c4ccc([C@@H](C)OCCN5CCC6(COC6)C5)nc4)cc3c21. The maximum atomic E-state index is 12.9. The molecule has 0 aliphatic carbocycles. The first-order valence-corrected chi connectivity index (χ1v) is 13.1. The third-order valence-corrected chi connectivity index (χ3v) is 7.93. The van der Waals surface area contributed by atoms with Gasteiger partial charge in [-0.15, -0.1) is 10.2 Å². The molecule has 0 amide bonds. The smallest absolute Gasteiger partial charge is 0.330 e. The fourth-order valence-electron chi connectivity index (χ4n) is 5.66. The summed E-state index contributed by atoms with van der Waals surface area (Å²) < 4.78 is 14.9. The van der Waals surface area contributed by atoms with Crippen LogP contribution in [-0.2, 0) is 16.5 Å². The maximum absolute atomic E-state index is 12.9. The van der Waals surface area contributed by atoms with Gasteiger partial charge in [-0.25, -0.2) is 4.79 Å². The van der Waals surface area contributed by atoms with Gasteiger partial charge in [0.2, 0.25) is 0 Å². The van der Waals surface area contributed by atoms with E-state index >= 15 is 0 Å². The minimum Gasteiger partial charge on any atom is -0.380 e. The molecule has 0 N–H and O–H groups in total. The van der Waals surface area contributed by atoms with Crippen LogP contribution in [0.1, 0.15) is 45.0 Å². The molecule has 4 aromatic rings. The molecule has 9 heteroatoms. The highest BCUT2D eigenvalue weighted by Crippen LogP contribution is 2.37. The summed E-state index contributed by atoms with van der Waals surface area (Å²) in [5.41, 5.74) is 5.43. The lowest BCUT2D eigenvalue weighted by molar-refractivity contribution is -0.105. The minimum atomic E-state index is -0.0847. The summed E-state index contributed by atoms with van der Waals surface area (Å²) in [6.45, 7) is 11.8. The second-order valence-corrected chi connectivity index (χ2v) is 10.9. The van der Waals surface area contributed by atoms with Gasteiger partial charge in [0, 0.05) is 48.7 Å². The lowest BCUT2D eigenvalue weighted by atomic mass is 9.85. The van der Waals surface area contributed by atoms with Crippen LogP contribution in [0.25, 0.3) is 33.2 Å². The third-order valence-electron chi connectivity index (χ3n) is 7.93. The standard InChI is InChI=1S/C28H34N6O3/c1-18(2)34-25-22-13-20(5-8-24(22)30-31-26(25)32(4)27(34)35)21-6-7-23(29-14-21)19(3)37-12-11-33-10-9-28(15-33)16-36-17-28/h5-8,13-14,18-19H,9-12,15-17H2,1-4H3/t19-/m1/s1. The van der Waals surface area contributed by atoms with Crippen molar-refractivity contribution in [2.24, 2.45) is 12.5 Å². The molecule has 0 unspecified atom stereocenters. The predicted octanol–water partition coefficient (Wildman–Crippen LogP) is 3.73. The van der Waals surface area contributed by atoms with E-state index in [0.717, 1.165) is 66.1 Å². The molecule has 194 valence electrons. The van der Waals surface area contributed by atoms with E-state index in [1.807, 2.05) is 38.2 Å². The van der Waals surface area contributed by atoms with Gasteiger partial charge in [0.15, 0.2) is 5.65 Å². The molecular formula is C28H34N6O3. The number of aromatic nitrogens is 5. The molecule has 5 heterocycles. The largest absolute Gasteiger partial charge is 0.380 e. The van der Waals surface area contributed by atoms with Gasteiger partial charge < -0.3 is 14.4 Å².